The van der Waals surface area contributed by atoms with Crippen LogP contribution in [0.1, 0.15) is 36.7 Å². The SMILES string of the molecule is Cc1nnnn1C(Cc1cccc(F)c1)C(=O)N1C2CCNCC1CC2.Cl. The summed E-state index contributed by atoms with van der Waals surface area (Å²) in [5, 5.41) is 15.1. The van der Waals surface area contributed by atoms with Crippen molar-refractivity contribution in [3.05, 3.63) is 41.5 Å². The molecule has 0 spiro atoms. The number of tetrazole rings is 1. The molecule has 2 aliphatic heterocycles. The molecule has 3 unspecified atom stereocenters. The molecule has 1 aromatic heterocycles. The molecular weight excluding hydrogens is 371 g/mol. The van der Waals surface area contributed by atoms with E-state index in [1.165, 1.54) is 12.1 Å². The van der Waals surface area contributed by atoms with E-state index in [1.54, 1.807) is 17.7 Å². The normalized spacial score (nSPS) is 22.8. The maximum atomic E-state index is 13.6. The van der Waals surface area contributed by atoms with Crippen molar-refractivity contribution in [2.45, 2.75) is 50.7 Å². The molecular formula is C18H24ClFN6O. The molecule has 2 fully saturated rings. The second kappa shape index (κ2) is 8.31. The van der Waals surface area contributed by atoms with Gasteiger partial charge in [0.05, 0.1) is 0 Å². The van der Waals surface area contributed by atoms with E-state index in [2.05, 4.69) is 20.8 Å². The van der Waals surface area contributed by atoms with Crippen LogP contribution in [0.3, 0.4) is 0 Å². The first-order valence-electron chi connectivity index (χ1n) is 9.15. The Bertz CT molecular complexity index is 786. The molecule has 1 aromatic carbocycles. The Labute approximate surface area is 163 Å². The lowest BCUT2D eigenvalue weighted by Crippen LogP contribution is -2.46. The fourth-order valence-electron chi connectivity index (χ4n) is 4.21. The quantitative estimate of drug-likeness (QED) is 0.853. The number of halogens is 2. The number of carbonyl (C=O) groups is 1. The molecule has 2 saturated heterocycles. The van der Waals surface area contributed by atoms with Gasteiger partial charge in [-0.05, 0) is 60.9 Å². The Kier molecular flexibility index (Phi) is 6.06. The van der Waals surface area contributed by atoms with Gasteiger partial charge < -0.3 is 10.2 Å². The maximum absolute atomic E-state index is 13.6. The van der Waals surface area contributed by atoms with Gasteiger partial charge in [0, 0.05) is 25.0 Å². The highest BCUT2D eigenvalue weighted by atomic mass is 35.5. The van der Waals surface area contributed by atoms with E-state index in [0.29, 0.717) is 12.2 Å². The van der Waals surface area contributed by atoms with Crippen LogP contribution in [-0.4, -0.2) is 56.2 Å². The molecule has 27 heavy (non-hydrogen) atoms. The minimum atomic E-state index is -0.562. The highest BCUT2D eigenvalue weighted by Crippen LogP contribution is 2.31. The van der Waals surface area contributed by atoms with Gasteiger partial charge in [0.1, 0.15) is 17.7 Å². The molecule has 3 heterocycles. The number of nitrogens with one attached hydrogen (secondary N) is 1. The monoisotopic (exact) mass is 394 g/mol. The molecule has 3 atom stereocenters. The number of benzene rings is 1. The maximum Gasteiger partial charge on any atom is 0.248 e. The summed E-state index contributed by atoms with van der Waals surface area (Å²) in [4.78, 5) is 15.6. The minimum Gasteiger partial charge on any atom is -0.334 e. The highest BCUT2D eigenvalue weighted by Gasteiger charge is 2.41. The van der Waals surface area contributed by atoms with Crippen molar-refractivity contribution in [1.82, 2.24) is 30.4 Å². The van der Waals surface area contributed by atoms with Gasteiger partial charge in [0.15, 0.2) is 0 Å². The van der Waals surface area contributed by atoms with Crippen molar-refractivity contribution in [2.75, 3.05) is 13.1 Å². The summed E-state index contributed by atoms with van der Waals surface area (Å²) in [7, 11) is 0. The molecule has 146 valence electrons. The zero-order valence-electron chi connectivity index (χ0n) is 15.2. The molecule has 4 rings (SSSR count). The van der Waals surface area contributed by atoms with Crippen LogP contribution in [0.5, 0.6) is 0 Å². The number of hydrogen-bond donors (Lipinski definition) is 1. The zero-order chi connectivity index (χ0) is 18.1. The first-order chi connectivity index (χ1) is 12.6. The predicted molar refractivity (Wildman–Crippen MR) is 100 cm³/mol. The third-order valence-corrected chi connectivity index (χ3v) is 5.46. The van der Waals surface area contributed by atoms with Crippen LogP contribution in [0.2, 0.25) is 0 Å². The molecule has 1 N–H and O–H groups in total. The minimum absolute atomic E-state index is 0. The summed E-state index contributed by atoms with van der Waals surface area (Å²) >= 11 is 0. The average Bonchev–Trinajstić information content (AvgIpc) is 3.14. The van der Waals surface area contributed by atoms with Crippen LogP contribution in [0, 0.1) is 12.7 Å². The van der Waals surface area contributed by atoms with E-state index >= 15 is 0 Å². The number of fused-ring (bicyclic) bond motifs is 2. The molecule has 0 aliphatic carbocycles. The first kappa shape index (κ1) is 19.7. The molecule has 9 heteroatoms. The molecule has 2 bridgehead atoms. The van der Waals surface area contributed by atoms with Gasteiger partial charge in [-0.2, -0.15) is 0 Å². The lowest BCUT2D eigenvalue weighted by Gasteiger charge is -2.31. The lowest BCUT2D eigenvalue weighted by atomic mass is 10.0. The fraction of sp³-hybridized carbons (Fsp3) is 0.556. The number of rotatable bonds is 4. The summed E-state index contributed by atoms with van der Waals surface area (Å²) < 4.78 is 15.2. The Balaban J connectivity index is 0.00000210. The predicted octanol–water partition coefficient (Wildman–Crippen LogP) is 1.68. The Morgan fingerprint density at radius 3 is 2.89 bits per heavy atom. The largest absolute Gasteiger partial charge is 0.334 e. The van der Waals surface area contributed by atoms with Crippen LogP contribution >= 0.6 is 12.4 Å². The fourth-order valence-corrected chi connectivity index (χ4v) is 4.21. The summed E-state index contributed by atoms with van der Waals surface area (Å²) in [6.45, 7) is 3.54. The second-order valence-electron chi connectivity index (χ2n) is 7.14. The third-order valence-electron chi connectivity index (χ3n) is 5.46. The molecule has 2 aliphatic rings. The van der Waals surface area contributed by atoms with Gasteiger partial charge in [0.25, 0.3) is 0 Å². The van der Waals surface area contributed by atoms with Crippen molar-refractivity contribution in [2.24, 2.45) is 0 Å². The van der Waals surface area contributed by atoms with Crippen molar-refractivity contribution in [3.63, 3.8) is 0 Å². The van der Waals surface area contributed by atoms with Crippen LogP contribution < -0.4 is 5.32 Å². The Hall–Kier alpha value is -2.06. The van der Waals surface area contributed by atoms with Crippen LogP contribution in [-0.2, 0) is 11.2 Å². The second-order valence-corrected chi connectivity index (χ2v) is 7.14. The molecule has 0 radical (unpaired) electrons. The van der Waals surface area contributed by atoms with E-state index in [9.17, 15) is 9.18 Å². The number of aryl methyl sites for hydroxylation is 1. The van der Waals surface area contributed by atoms with E-state index in [1.807, 2.05) is 11.0 Å². The summed E-state index contributed by atoms with van der Waals surface area (Å²) in [5.41, 5.74) is 0.763. The molecule has 2 aromatic rings. The van der Waals surface area contributed by atoms with Crippen molar-refractivity contribution >= 4 is 18.3 Å². The standard InChI is InChI=1S/C18H23FN6O.ClH/c1-12-21-22-23-25(12)17(10-13-3-2-4-14(19)9-13)18(26)24-15-5-6-16(24)11-20-8-7-15;/h2-4,9,15-17,20H,5-8,10-11H2,1H3;1H. The van der Waals surface area contributed by atoms with E-state index in [0.717, 1.165) is 37.9 Å². The topological polar surface area (TPSA) is 75.9 Å². The van der Waals surface area contributed by atoms with Gasteiger partial charge in [0.2, 0.25) is 5.91 Å². The van der Waals surface area contributed by atoms with Crippen molar-refractivity contribution in [1.29, 1.82) is 0 Å². The van der Waals surface area contributed by atoms with E-state index in [4.69, 9.17) is 0 Å². The van der Waals surface area contributed by atoms with Gasteiger partial charge in [-0.15, -0.1) is 17.5 Å². The number of carbonyl (C=O) groups excluding carboxylic acids is 1. The molecule has 7 nitrogen and oxygen atoms in total. The van der Waals surface area contributed by atoms with Gasteiger partial charge >= 0.3 is 0 Å². The lowest BCUT2D eigenvalue weighted by molar-refractivity contribution is -0.137. The number of aromatic nitrogens is 4. The summed E-state index contributed by atoms with van der Waals surface area (Å²) in [6, 6.07) is 6.28. The summed E-state index contributed by atoms with van der Waals surface area (Å²) in [5.74, 6) is 0.307. The smallest absolute Gasteiger partial charge is 0.248 e. The van der Waals surface area contributed by atoms with Crippen LogP contribution in [0.25, 0.3) is 0 Å². The molecule has 1 amide bonds. The average molecular weight is 395 g/mol. The van der Waals surface area contributed by atoms with Crippen molar-refractivity contribution in [3.8, 4) is 0 Å². The first-order valence-corrected chi connectivity index (χ1v) is 9.15. The highest BCUT2D eigenvalue weighted by molar-refractivity contribution is 5.85. The summed E-state index contributed by atoms with van der Waals surface area (Å²) in [6.07, 6.45) is 3.39. The van der Waals surface area contributed by atoms with Gasteiger partial charge in [-0.1, -0.05) is 12.1 Å². The Morgan fingerprint density at radius 2 is 2.15 bits per heavy atom. The zero-order valence-corrected chi connectivity index (χ0v) is 16.0. The van der Waals surface area contributed by atoms with Crippen molar-refractivity contribution < 1.29 is 9.18 Å². The third kappa shape index (κ3) is 3.96. The van der Waals surface area contributed by atoms with Gasteiger partial charge in [-0.3, -0.25) is 4.79 Å². The van der Waals surface area contributed by atoms with Crippen LogP contribution in [0.15, 0.2) is 24.3 Å². The van der Waals surface area contributed by atoms with E-state index in [-0.39, 0.29) is 36.2 Å². The number of nitrogens with zero attached hydrogens (tertiary/aromatic N) is 5. The number of hydrogen-bond acceptors (Lipinski definition) is 5. The van der Waals surface area contributed by atoms with Crippen LogP contribution in [0.4, 0.5) is 4.39 Å². The Morgan fingerprint density at radius 1 is 1.33 bits per heavy atom. The van der Waals surface area contributed by atoms with E-state index < -0.39 is 6.04 Å². The number of amides is 1. The molecule has 0 saturated carbocycles. The van der Waals surface area contributed by atoms with Gasteiger partial charge in [-0.25, -0.2) is 9.07 Å².